The van der Waals surface area contributed by atoms with Crippen molar-refractivity contribution in [1.82, 2.24) is 0 Å². The summed E-state index contributed by atoms with van der Waals surface area (Å²) in [6.07, 6.45) is -1.33. The molecule has 1 aromatic rings. The number of rotatable bonds is 0. The number of carboxylic acid groups (broad SMARTS) is 1. The van der Waals surface area contributed by atoms with E-state index >= 15 is 0 Å². The molecule has 1 aliphatic heterocycles. The Kier molecular flexibility index (Phi) is 3.17. The third kappa shape index (κ3) is 2.55. The van der Waals surface area contributed by atoms with Crippen LogP contribution in [-0.4, -0.2) is 11.2 Å². The van der Waals surface area contributed by atoms with Crippen LogP contribution in [0.4, 0.5) is 10.5 Å². The predicted molar refractivity (Wildman–Crippen MR) is 51.6 cm³/mol. The molecule has 0 fully saturated rings. The molecule has 5 heteroatoms. The number of amides is 1. The lowest BCUT2D eigenvalue weighted by Crippen LogP contribution is -2.03. The highest BCUT2D eigenvalue weighted by Crippen LogP contribution is 2.34. The molecular weight excluding hydrogens is 182 g/mol. The minimum atomic E-state index is -1.33. The molecule has 3 N–H and O–H groups in total. The standard InChI is InChI=1S/C8H8N2.CH3NO2/c1-6-7-4-2-3-5-8(7)10-9-6;2-1(3)4/h2-6H,1H3;2H2,(H,3,4). The zero-order valence-electron chi connectivity index (χ0n) is 7.71. The predicted octanol–water partition coefficient (Wildman–Crippen LogP) is 2.47. The second kappa shape index (κ2) is 4.36. The van der Waals surface area contributed by atoms with Crippen molar-refractivity contribution < 1.29 is 9.90 Å². The third-order valence-corrected chi connectivity index (χ3v) is 1.73. The van der Waals surface area contributed by atoms with Gasteiger partial charge in [-0.3, -0.25) is 0 Å². The van der Waals surface area contributed by atoms with Crippen LogP contribution in [-0.2, 0) is 0 Å². The van der Waals surface area contributed by atoms with E-state index in [9.17, 15) is 0 Å². The number of azo groups is 1. The first-order valence-electron chi connectivity index (χ1n) is 4.09. The SMILES string of the molecule is CC1N=Nc2ccccc21.NC(=O)O. The fourth-order valence-corrected chi connectivity index (χ4v) is 1.14. The number of benzene rings is 1. The average molecular weight is 193 g/mol. The smallest absolute Gasteiger partial charge is 0.402 e. The second-order valence-corrected chi connectivity index (χ2v) is 2.79. The molecule has 1 amide bonds. The molecule has 0 saturated heterocycles. The van der Waals surface area contributed by atoms with Crippen LogP contribution >= 0.6 is 0 Å². The van der Waals surface area contributed by atoms with Crippen molar-refractivity contribution in [3.63, 3.8) is 0 Å². The van der Waals surface area contributed by atoms with Crippen LogP contribution in [0.25, 0.3) is 0 Å². The van der Waals surface area contributed by atoms with E-state index in [0.717, 1.165) is 5.69 Å². The number of primary amides is 1. The highest BCUT2D eigenvalue weighted by Gasteiger charge is 2.13. The molecule has 1 heterocycles. The van der Waals surface area contributed by atoms with Gasteiger partial charge < -0.3 is 10.8 Å². The lowest BCUT2D eigenvalue weighted by Gasteiger charge is -1.97. The fourth-order valence-electron chi connectivity index (χ4n) is 1.14. The zero-order valence-corrected chi connectivity index (χ0v) is 7.71. The highest BCUT2D eigenvalue weighted by atomic mass is 16.4. The van der Waals surface area contributed by atoms with E-state index in [2.05, 4.69) is 29.0 Å². The van der Waals surface area contributed by atoms with E-state index in [1.54, 1.807) is 0 Å². The Bertz CT molecular complexity index is 359. The quantitative estimate of drug-likeness (QED) is 0.662. The molecule has 2 rings (SSSR count). The van der Waals surface area contributed by atoms with Crippen LogP contribution in [0.1, 0.15) is 18.5 Å². The van der Waals surface area contributed by atoms with Crippen molar-refractivity contribution in [3.05, 3.63) is 29.8 Å². The number of hydrogen-bond donors (Lipinski definition) is 2. The van der Waals surface area contributed by atoms with Gasteiger partial charge in [-0.05, 0) is 13.0 Å². The van der Waals surface area contributed by atoms with Crippen LogP contribution < -0.4 is 5.73 Å². The largest absolute Gasteiger partial charge is 0.465 e. The topological polar surface area (TPSA) is 88.0 Å². The summed E-state index contributed by atoms with van der Waals surface area (Å²) in [5.74, 6) is 0. The molecule has 0 aromatic heterocycles. The summed E-state index contributed by atoms with van der Waals surface area (Å²) >= 11 is 0. The van der Waals surface area contributed by atoms with Crippen LogP contribution in [0.2, 0.25) is 0 Å². The Balaban J connectivity index is 0.000000213. The van der Waals surface area contributed by atoms with E-state index in [-0.39, 0.29) is 6.04 Å². The van der Waals surface area contributed by atoms with Gasteiger partial charge in [0.15, 0.2) is 0 Å². The third-order valence-electron chi connectivity index (χ3n) is 1.73. The van der Waals surface area contributed by atoms with Gasteiger partial charge in [0, 0.05) is 5.56 Å². The molecule has 0 bridgehead atoms. The van der Waals surface area contributed by atoms with E-state index in [4.69, 9.17) is 9.90 Å². The molecular formula is C9H11N3O2. The number of fused-ring (bicyclic) bond motifs is 1. The summed E-state index contributed by atoms with van der Waals surface area (Å²) in [5, 5.41) is 15.2. The fraction of sp³-hybridized carbons (Fsp3) is 0.222. The van der Waals surface area contributed by atoms with Crippen LogP contribution in [0, 0.1) is 0 Å². The van der Waals surface area contributed by atoms with Gasteiger partial charge >= 0.3 is 6.09 Å². The Morgan fingerprint density at radius 1 is 1.50 bits per heavy atom. The number of hydrogen-bond acceptors (Lipinski definition) is 3. The van der Waals surface area contributed by atoms with Gasteiger partial charge in [0.2, 0.25) is 0 Å². The minimum absolute atomic E-state index is 0.260. The molecule has 1 aromatic carbocycles. The molecule has 0 saturated carbocycles. The second-order valence-electron chi connectivity index (χ2n) is 2.79. The lowest BCUT2D eigenvalue weighted by atomic mass is 10.1. The van der Waals surface area contributed by atoms with Crippen LogP contribution in [0.5, 0.6) is 0 Å². The van der Waals surface area contributed by atoms with E-state index in [1.165, 1.54) is 5.56 Å². The molecule has 1 unspecified atom stereocenters. The van der Waals surface area contributed by atoms with Crippen molar-refractivity contribution >= 4 is 11.8 Å². The van der Waals surface area contributed by atoms with E-state index < -0.39 is 6.09 Å². The van der Waals surface area contributed by atoms with Crippen molar-refractivity contribution in [1.29, 1.82) is 0 Å². The molecule has 5 nitrogen and oxygen atoms in total. The maximum absolute atomic E-state index is 8.78. The summed E-state index contributed by atoms with van der Waals surface area (Å²) in [4.78, 5) is 8.78. The normalized spacial score (nSPS) is 16.8. The molecule has 74 valence electrons. The highest BCUT2D eigenvalue weighted by molar-refractivity contribution is 5.61. The molecule has 0 spiro atoms. The first-order valence-corrected chi connectivity index (χ1v) is 4.09. The summed E-state index contributed by atoms with van der Waals surface area (Å²) in [7, 11) is 0. The maximum Gasteiger partial charge on any atom is 0.402 e. The van der Waals surface area contributed by atoms with Crippen molar-refractivity contribution in [2.75, 3.05) is 0 Å². The maximum atomic E-state index is 8.78. The molecule has 14 heavy (non-hydrogen) atoms. The number of nitrogens with zero attached hydrogens (tertiary/aromatic N) is 2. The van der Waals surface area contributed by atoms with Crippen LogP contribution in [0.3, 0.4) is 0 Å². The first kappa shape index (κ1) is 10.2. The van der Waals surface area contributed by atoms with Crippen LogP contribution in [0.15, 0.2) is 34.5 Å². The van der Waals surface area contributed by atoms with Crippen molar-refractivity contribution in [2.24, 2.45) is 16.0 Å². The van der Waals surface area contributed by atoms with Gasteiger partial charge in [0.05, 0.1) is 11.7 Å². The van der Waals surface area contributed by atoms with Crippen molar-refractivity contribution in [2.45, 2.75) is 13.0 Å². The Morgan fingerprint density at radius 3 is 2.64 bits per heavy atom. The lowest BCUT2D eigenvalue weighted by molar-refractivity contribution is 0.205. The summed E-state index contributed by atoms with van der Waals surface area (Å²) in [5.41, 5.74) is 6.29. The monoisotopic (exact) mass is 193 g/mol. The van der Waals surface area contributed by atoms with Gasteiger partial charge in [-0.1, -0.05) is 18.2 Å². The zero-order chi connectivity index (χ0) is 10.6. The van der Waals surface area contributed by atoms with Gasteiger partial charge in [0.25, 0.3) is 0 Å². The first-order chi connectivity index (χ1) is 6.61. The minimum Gasteiger partial charge on any atom is -0.465 e. The van der Waals surface area contributed by atoms with Gasteiger partial charge in [-0.15, -0.1) is 0 Å². The van der Waals surface area contributed by atoms with Crippen molar-refractivity contribution in [3.8, 4) is 0 Å². The number of nitrogens with two attached hydrogens (primary N) is 1. The van der Waals surface area contributed by atoms with E-state index in [0.29, 0.717) is 0 Å². The summed E-state index contributed by atoms with van der Waals surface area (Å²) in [6, 6.07) is 8.32. The molecule has 1 atom stereocenters. The summed E-state index contributed by atoms with van der Waals surface area (Å²) < 4.78 is 0. The Morgan fingerprint density at radius 2 is 2.07 bits per heavy atom. The molecule has 0 aliphatic carbocycles. The van der Waals surface area contributed by atoms with Gasteiger partial charge in [0.1, 0.15) is 0 Å². The summed E-state index contributed by atoms with van der Waals surface area (Å²) in [6.45, 7) is 2.05. The van der Waals surface area contributed by atoms with Gasteiger partial charge in [-0.2, -0.15) is 10.2 Å². The molecule has 0 radical (unpaired) electrons. The average Bonchev–Trinajstić information content (AvgIpc) is 2.48. The number of carbonyl (C=O) groups is 1. The molecule has 1 aliphatic rings. The van der Waals surface area contributed by atoms with Gasteiger partial charge in [-0.25, -0.2) is 4.79 Å². The Labute approximate surface area is 81.3 Å². The van der Waals surface area contributed by atoms with E-state index in [1.807, 2.05) is 18.2 Å². The Hall–Kier alpha value is -1.91.